The van der Waals surface area contributed by atoms with E-state index < -0.39 is 0 Å². The number of hydrazine groups is 1. The van der Waals surface area contributed by atoms with Crippen LogP contribution in [-0.4, -0.2) is 28.5 Å². The second-order valence-electron chi connectivity index (χ2n) is 5.32. The number of nitrogens with zero attached hydrogens (tertiary/aromatic N) is 2. The lowest BCUT2D eigenvalue weighted by molar-refractivity contribution is 0.0945. The molecule has 1 aliphatic rings. The first kappa shape index (κ1) is 13.5. The van der Waals surface area contributed by atoms with Crippen LogP contribution in [0.15, 0.2) is 12.3 Å². The van der Waals surface area contributed by atoms with Gasteiger partial charge in [0.2, 0.25) is 0 Å². The van der Waals surface area contributed by atoms with Gasteiger partial charge in [0, 0.05) is 31.3 Å². The summed E-state index contributed by atoms with van der Waals surface area (Å²) in [5, 5.41) is 4.55. The first-order valence-corrected chi connectivity index (χ1v) is 6.80. The molecular formula is C13H24N4O. The van der Waals surface area contributed by atoms with Gasteiger partial charge >= 0.3 is 0 Å². The standard InChI is InChI=1S/C13H24N4O/c1-10(2)17-6-5-11(16-17)8-12(15-14)9-13-4-3-7-18-13/h5-6,10,12-13,15H,3-4,7-9,14H2,1-2H3. The molecule has 0 saturated carbocycles. The van der Waals surface area contributed by atoms with Gasteiger partial charge in [-0.2, -0.15) is 5.10 Å². The number of nitrogens with two attached hydrogens (primary N) is 1. The molecule has 2 heterocycles. The molecule has 102 valence electrons. The maximum Gasteiger partial charge on any atom is 0.0640 e. The summed E-state index contributed by atoms with van der Waals surface area (Å²) in [4.78, 5) is 0. The maximum absolute atomic E-state index is 5.65. The third kappa shape index (κ3) is 3.54. The molecule has 0 aliphatic carbocycles. The summed E-state index contributed by atoms with van der Waals surface area (Å²) in [5.41, 5.74) is 3.97. The van der Waals surface area contributed by atoms with Crippen LogP contribution in [0.25, 0.3) is 0 Å². The quantitative estimate of drug-likeness (QED) is 0.593. The van der Waals surface area contributed by atoms with E-state index in [4.69, 9.17) is 10.6 Å². The predicted molar refractivity (Wildman–Crippen MR) is 71.0 cm³/mol. The van der Waals surface area contributed by atoms with Gasteiger partial charge in [0.25, 0.3) is 0 Å². The summed E-state index contributed by atoms with van der Waals surface area (Å²) in [6, 6.07) is 2.71. The molecule has 1 saturated heterocycles. The van der Waals surface area contributed by atoms with Crippen molar-refractivity contribution in [2.24, 2.45) is 5.84 Å². The van der Waals surface area contributed by atoms with Gasteiger partial charge in [-0.25, -0.2) is 0 Å². The van der Waals surface area contributed by atoms with Crippen LogP contribution in [0, 0.1) is 0 Å². The zero-order chi connectivity index (χ0) is 13.0. The lowest BCUT2D eigenvalue weighted by Gasteiger charge is -2.18. The van der Waals surface area contributed by atoms with Crippen LogP contribution in [0.1, 0.15) is 44.8 Å². The average molecular weight is 252 g/mol. The first-order chi connectivity index (χ1) is 8.69. The summed E-state index contributed by atoms with van der Waals surface area (Å²) in [6.07, 6.45) is 6.53. The van der Waals surface area contributed by atoms with Gasteiger partial charge in [-0.1, -0.05) is 0 Å². The normalized spacial score (nSPS) is 21.7. The highest BCUT2D eigenvalue weighted by Gasteiger charge is 2.21. The van der Waals surface area contributed by atoms with Crippen LogP contribution in [0.5, 0.6) is 0 Å². The molecule has 1 aromatic rings. The van der Waals surface area contributed by atoms with E-state index in [0.29, 0.717) is 12.1 Å². The lowest BCUT2D eigenvalue weighted by atomic mass is 10.0. The molecule has 0 aromatic carbocycles. The summed E-state index contributed by atoms with van der Waals surface area (Å²) in [5.74, 6) is 5.63. The van der Waals surface area contributed by atoms with Crippen LogP contribution in [-0.2, 0) is 11.2 Å². The number of hydrogen-bond acceptors (Lipinski definition) is 4. The Labute approximate surface area is 109 Å². The van der Waals surface area contributed by atoms with Gasteiger partial charge in [-0.3, -0.25) is 16.0 Å². The second kappa shape index (κ2) is 6.31. The third-order valence-corrected chi connectivity index (χ3v) is 3.46. The van der Waals surface area contributed by atoms with Gasteiger partial charge in [0.05, 0.1) is 11.8 Å². The van der Waals surface area contributed by atoms with Gasteiger partial charge < -0.3 is 4.74 Å². The molecule has 2 unspecified atom stereocenters. The van der Waals surface area contributed by atoms with E-state index >= 15 is 0 Å². The van der Waals surface area contributed by atoms with E-state index in [1.165, 1.54) is 6.42 Å². The molecule has 2 rings (SSSR count). The fourth-order valence-electron chi connectivity index (χ4n) is 2.38. The predicted octanol–water partition coefficient (Wildman–Crippen LogP) is 1.41. The molecule has 0 bridgehead atoms. The van der Waals surface area contributed by atoms with Crippen molar-refractivity contribution in [2.45, 2.75) is 57.7 Å². The van der Waals surface area contributed by atoms with Crippen LogP contribution in [0.2, 0.25) is 0 Å². The van der Waals surface area contributed by atoms with Crippen molar-refractivity contribution in [3.63, 3.8) is 0 Å². The number of aromatic nitrogens is 2. The molecule has 3 N–H and O–H groups in total. The summed E-state index contributed by atoms with van der Waals surface area (Å²) in [6.45, 7) is 5.15. The molecular weight excluding hydrogens is 228 g/mol. The topological polar surface area (TPSA) is 65.1 Å². The molecule has 1 aromatic heterocycles. The molecule has 0 radical (unpaired) electrons. The highest BCUT2D eigenvalue weighted by molar-refractivity contribution is 5.02. The third-order valence-electron chi connectivity index (χ3n) is 3.46. The Morgan fingerprint density at radius 2 is 2.44 bits per heavy atom. The van der Waals surface area contributed by atoms with Crippen molar-refractivity contribution in [1.82, 2.24) is 15.2 Å². The summed E-state index contributed by atoms with van der Waals surface area (Å²) < 4.78 is 7.63. The Bertz CT molecular complexity index is 358. The van der Waals surface area contributed by atoms with Crippen molar-refractivity contribution >= 4 is 0 Å². The molecule has 1 aliphatic heterocycles. The highest BCUT2D eigenvalue weighted by Crippen LogP contribution is 2.18. The van der Waals surface area contributed by atoms with Crippen molar-refractivity contribution < 1.29 is 4.74 Å². The van der Waals surface area contributed by atoms with E-state index in [1.807, 2.05) is 10.9 Å². The second-order valence-corrected chi connectivity index (χ2v) is 5.32. The molecule has 5 nitrogen and oxygen atoms in total. The molecule has 2 atom stereocenters. The molecule has 18 heavy (non-hydrogen) atoms. The van der Waals surface area contributed by atoms with Gasteiger partial charge in [0.1, 0.15) is 0 Å². The van der Waals surface area contributed by atoms with Crippen molar-refractivity contribution in [3.05, 3.63) is 18.0 Å². The van der Waals surface area contributed by atoms with E-state index in [2.05, 4.69) is 30.4 Å². The Kier molecular flexibility index (Phi) is 4.74. The molecule has 0 spiro atoms. The maximum atomic E-state index is 5.65. The number of ether oxygens (including phenoxy) is 1. The minimum atomic E-state index is 0.239. The van der Waals surface area contributed by atoms with Gasteiger partial charge in [-0.15, -0.1) is 0 Å². The Morgan fingerprint density at radius 1 is 1.61 bits per heavy atom. The number of hydrogen-bond donors (Lipinski definition) is 2. The smallest absolute Gasteiger partial charge is 0.0640 e. The number of nitrogens with one attached hydrogen (secondary N) is 1. The van der Waals surface area contributed by atoms with Crippen LogP contribution < -0.4 is 11.3 Å². The van der Waals surface area contributed by atoms with Crippen molar-refractivity contribution in [3.8, 4) is 0 Å². The minimum Gasteiger partial charge on any atom is -0.378 e. The zero-order valence-corrected chi connectivity index (χ0v) is 11.3. The highest BCUT2D eigenvalue weighted by atomic mass is 16.5. The van der Waals surface area contributed by atoms with E-state index in [1.54, 1.807) is 0 Å². The SMILES string of the molecule is CC(C)n1ccc(CC(CC2CCCO2)NN)n1. The Hall–Kier alpha value is -0.910. The summed E-state index contributed by atoms with van der Waals surface area (Å²) >= 11 is 0. The number of rotatable bonds is 6. The largest absolute Gasteiger partial charge is 0.378 e. The van der Waals surface area contributed by atoms with E-state index in [0.717, 1.165) is 31.6 Å². The van der Waals surface area contributed by atoms with Gasteiger partial charge in [0.15, 0.2) is 0 Å². The van der Waals surface area contributed by atoms with Crippen LogP contribution in [0.3, 0.4) is 0 Å². The fourth-order valence-corrected chi connectivity index (χ4v) is 2.38. The van der Waals surface area contributed by atoms with Crippen molar-refractivity contribution in [2.75, 3.05) is 6.61 Å². The average Bonchev–Trinajstić information content (AvgIpc) is 2.99. The minimum absolute atomic E-state index is 0.239. The van der Waals surface area contributed by atoms with Crippen molar-refractivity contribution in [1.29, 1.82) is 0 Å². The van der Waals surface area contributed by atoms with Gasteiger partial charge in [-0.05, 0) is 39.2 Å². The fraction of sp³-hybridized carbons (Fsp3) is 0.769. The Morgan fingerprint density at radius 3 is 3.00 bits per heavy atom. The summed E-state index contributed by atoms with van der Waals surface area (Å²) in [7, 11) is 0. The first-order valence-electron chi connectivity index (χ1n) is 6.80. The lowest BCUT2D eigenvalue weighted by Crippen LogP contribution is -2.39. The zero-order valence-electron chi connectivity index (χ0n) is 11.3. The Balaban J connectivity index is 1.88. The van der Waals surface area contributed by atoms with Crippen LogP contribution in [0.4, 0.5) is 0 Å². The molecule has 1 fully saturated rings. The molecule has 5 heteroatoms. The van der Waals surface area contributed by atoms with E-state index in [9.17, 15) is 0 Å². The molecule has 0 amide bonds. The monoisotopic (exact) mass is 252 g/mol. The van der Waals surface area contributed by atoms with Crippen LogP contribution >= 0.6 is 0 Å². The van der Waals surface area contributed by atoms with E-state index in [-0.39, 0.29) is 6.04 Å².